The number of esters is 2. The third-order valence-electron chi connectivity index (χ3n) is 9.67. The lowest BCUT2D eigenvalue weighted by Gasteiger charge is -2.22. The van der Waals surface area contributed by atoms with Crippen LogP contribution in [0.2, 0.25) is 0 Å². The number of aromatic nitrogens is 8. The van der Waals surface area contributed by atoms with Crippen molar-refractivity contribution in [3.63, 3.8) is 0 Å². The normalized spacial score (nSPS) is 26.0. The van der Waals surface area contributed by atoms with Crippen LogP contribution in [0.5, 0.6) is 0 Å². The maximum Gasteiger partial charge on any atom is 0.490 e. The van der Waals surface area contributed by atoms with E-state index in [1.165, 1.54) is 46.1 Å². The molecule has 0 bridgehead atoms. The van der Waals surface area contributed by atoms with Crippen molar-refractivity contribution in [1.82, 2.24) is 39.0 Å². The van der Waals surface area contributed by atoms with Gasteiger partial charge in [-0.1, -0.05) is 36.4 Å². The SMILES string of the molecule is Nc1ncnc2c1ncn2[C@@H]1O[C@H](COP(=O)(O)OP(=O)(O)OP(=O)(O)OC[C@H]2O[C@H](n3cnc4c(N)ncnc43)[C@@H](OC(=O)c3ccccc3)[C@H]2O)[C@@H](O)[C@H]1OC(=O)c1ccccc1. The number of nitrogens with two attached hydrogens (primary N) is 2. The Balaban J connectivity index is 0.919. The zero-order valence-corrected chi connectivity index (χ0v) is 35.4. The van der Waals surface area contributed by atoms with Gasteiger partial charge in [0.2, 0.25) is 0 Å². The number of hydrogen-bond acceptors (Lipinski definition) is 23. The predicted molar refractivity (Wildman–Crippen MR) is 214 cm³/mol. The van der Waals surface area contributed by atoms with Gasteiger partial charge >= 0.3 is 35.4 Å². The third-order valence-corrected chi connectivity index (χ3v) is 13.9. The highest BCUT2D eigenvalue weighted by Gasteiger charge is 2.52. The van der Waals surface area contributed by atoms with E-state index < -0.39 is 97.7 Å². The average molecular weight is 965 g/mol. The molecule has 2 aliphatic heterocycles. The largest absolute Gasteiger partial charge is 0.490 e. The number of imidazole rings is 2. The van der Waals surface area contributed by atoms with Crippen LogP contribution in [-0.4, -0.2) is 126 Å². The molecule has 65 heavy (non-hydrogen) atoms. The van der Waals surface area contributed by atoms with E-state index >= 15 is 0 Å². The molecule has 0 radical (unpaired) electrons. The summed E-state index contributed by atoms with van der Waals surface area (Å²) in [4.78, 5) is 81.4. The monoisotopic (exact) mass is 964 g/mol. The van der Waals surface area contributed by atoms with Crippen molar-refractivity contribution in [2.45, 2.75) is 49.1 Å². The standard InChI is InChI=1S/C34H35N10O18P3/c35-27-21-29(39-13-37-27)43(15-41-21)31-25(59-33(47)17-7-3-1-4-8-17)23(45)19(57-31)11-55-63(49,50)61-65(53,54)62-64(51,52)56-12-20-24(46)26(60-34(48)18-9-5-2-6-10-18)32(58-20)44-16-42-22-28(36)38-14-40-30(22)44/h1-10,13-16,19-20,23-26,31-32,45-46H,11-12H2,(H,49,50)(H,51,52)(H,53,54)(H2,35,37,39)(H2,36,38,40)/t19-,20-,23-,24+,25-,26+,31-,32+/m1/s1. The maximum absolute atomic E-state index is 13.1. The van der Waals surface area contributed by atoms with Crippen LogP contribution in [0.25, 0.3) is 22.3 Å². The van der Waals surface area contributed by atoms with Gasteiger partial charge in [-0.25, -0.2) is 53.2 Å². The van der Waals surface area contributed by atoms with Crippen molar-refractivity contribution in [2.75, 3.05) is 24.7 Å². The molecule has 3 unspecified atom stereocenters. The number of nitrogen functional groups attached to an aromatic ring is 2. The van der Waals surface area contributed by atoms with E-state index in [1.807, 2.05) is 0 Å². The molecule has 4 aromatic heterocycles. The van der Waals surface area contributed by atoms with Crippen LogP contribution in [0.3, 0.4) is 0 Å². The lowest BCUT2D eigenvalue weighted by molar-refractivity contribution is -0.0562. The topological polar surface area (TPSA) is 400 Å². The molecule has 2 fully saturated rings. The molecule has 0 aliphatic carbocycles. The summed E-state index contributed by atoms with van der Waals surface area (Å²) in [6.07, 6.45) is -8.29. The van der Waals surface area contributed by atoms with E-state index in [4.69, 9.17) is 39.5 Å². The van der Waals surface area contributed by atoms with Crippen molar-refractivity contribution < 1.29 is 84.8 Å². The van der Waals surface area contributed by atoms with E-state index in [0.717, 1.165) is 12.7 Å². The molecule has 0 spiro atoms. The van der Waals surface area contributed by atoms with Crippen LogP contribution in [0, 0.1) is 0 Å². The van der Waals surface area contributed by atoms with Gasteiger partial charge in [-0.3, -0.25) is 18.2 Å². The molecule has 11 atom stereocenters. The number of anilines is 2. The minimum Gasteiger partial charge on any atom is -0.451 e. The van der Waals surface area contributed by atoms with E-state index in [1.54, 1.807) is 36.4 Å². The summed E-state index contributed by atoms with van der Waals surface area (Å²) >= 11 is 0. The van der Waals surface area contributed by atoms with Crippen molar-refractivity contribution in [1.29, 1.82) is 0 Å². The van der Waals surface area contributed by atoms with Crippen LogP contribution >= 0.6 is 23.5 Å². The molecule has 9 N–H and O–H groups in total. The zero-order chi connectivity index (χ0) is 46.3. The maximum atomic E-state index is 13.1. The number of aliphatic hydroxyl groups excluding tert-OH is 2. The second-order valence-corrected chi connectivity index (χ2v) is 18.5. The molecule has 344 valence electrons. The minimum absolute atomic E-state index is 0.0212. The number of nitrogens with zero attached hydrogens (tertiary/aromatic N) is 8. The molecule has 6 heterocycles. The molecule has 2 aliphatic rings. The Kier molecular flexibility index (Phi) is 12.9. The van der Waals surface area contributed by atoms with Gasteiger partial charge in [0, 0.05) is 0 Å². The number of rotatable bonds is 16. The highest BCUT2D eigenvalue weighted by atomic mass is 31.3. The molecule has 0 saturated carbocycles. The molecule has 28 nitrogen and oxygen atoms in total. The Hall–Kier alpha value is -5.67. The first kappa shape index (κ1) is 45.9. The summed E-state index contributed by atoms with van der Waals surface area (Å²) in [6, 6.07) is 15.3. The number of fused-ring (bicyclic) bond motifs is 2. The fraction of sp³-hybridized carbons (Fsp3) is 0.294. The van der Waals surface area contributed by atoms with E-state index in [-0.39, 0.29) is 45.1 Å². The Labute approximate surface area is 363 Å². The first-order chi connectivity index (χ1) is 30.9. The van der Waals surface area contributed by atoms with Gasteiger partial charge in [0.05, 0.1) is 37.0 Å². The van der Waals surface area contributed by atoms with E-state index in [0.29, 0.717) is 0 Å². The molecule has 6 aromatic rings. The van der Waals surface area contributed by atoms with Gasteiger partial charge < -0.3 is 55.3 Å². The highest BCUT2D eigenvalue weighted by molar-refractivity contribution is 7.66. The fourth-order valence-electron chi connectivity index (χ4n) is 6.72. The van der Waals surface area contributed by atoms with Crippen LogP contribution < -0.4 is 11.5 Å². The smallest absolute Gasteiger partial charge is 0.451 e. The summed E-state index contributed by atoms with van der Waals surface area (Å²) in [7, 11) is -17.6. The summed E-state index contributed by atoms with van der Waals surface area (Å²) in [5, 5.41) is 22.5. The number of benzene rings is 2. The van der Waals surface area contributed by atoms with Crippen molar-refractivity contribution in [3.8, 4) is 0 Å². The number of hydrogen-bond donors (Lipinski definition) is 7. The summed E-state index contributed by atoms with van der Waals surface area (Å²) < 4.78 is 82.1. The van der Waals surface area contributed by atoms with Crippen LogP contribution in [0.1, 0.15) is 33.2 Å². The number of aliphatic hydroxyl groups is 2. The first-order valence-corrected chi connectivity index (χ1v) is 23.1. The average Bonchev–Trinajstić information content (AvgIpc) is 4.04. The van der Waals surface area contributed by atoms with Gasteiger partial charge in [0.15, 0.2) is 47.6 Å². The van der Waals surface area contributed by atoms with Crippen LogP contribution in [0.4, 0.5) is 11.6 Å². The summed E-state index contributed by atoms with van der Waals surface area (Å²) in [5.74, 6) is -1.85. The van der Waals surface area contributed by atoms with Gasteiger partial charge in [-0.15, -0.1) is 0 Å². The van der Waals surface area contributed by atoms with Crippen LogP contribution in [-0.2, 0) is 50.3 Å². The first-order valence-electron chi connectivity index (χ1n) is 18.7. The number of carbonyl (C=O) groups is 2. The number of phosphoric acid groups is 3. The minimum atomic E-state index is -6.08. The molecule has 31 heteroatoms. The van der Waals surface area contributed by atoms with Gasteiger partial charge in [0.1, 0.15) is 48.1 Å². The van der Waals surface area contributed by atoms with Crippen molar-refractivity contribution in [3.05, 3.63) is 97.1 Å². The molecule has 8 rings (SSSR count). The van der Waals surface area contributed by atoms with Gasteiger partial charge in [0.25, 0.3) is 0 Å². The third kappa shape index (κ3) is 9.96. The van der Waals surface area contributed by atoms with E-state index in [9.17, 15) is 48.2 Å². The molecular weight excluding hydrogens is 929 g/mol. The Morgan fingerprint density at radius 1 is 0.600 bits per heavy atom. The van der Waals surface area contributed by atoms with E-state index in [2.05, 4.69) is 38.5 Å². The number of phosphoric ester groups is 2. The highest BCUT2D eigenvalue weighted by Crippen LogP contribution is 2.68. The Morgan fingerprint density at radius 3 is 1.37 bits per heavy atom. The molecule has 2 saturated heterocycles. The molecule has 2 aromatic carbocycles. The summed E-state index contributed by atoms with van der Waals surface area (Å²) in [5.41, 5.74) is 12.4. The molecular formula is C34H35N10O18P3. The zero-order valence-electron chi connectivity index (χ0n) is 32.7. The fourth-order valence-corrected chi connectivity index (χ4v) is 10.2. The quantitative estimate of drug-likeness (QED) is 0.0528. The van der Waals surface area contributed by atoms with Gasteiger partial charge in [-0.2, -0.15) is 8.62 Å². The Morgan fingerprint density at radius 2 is 0.985 bits per heavy atom. The van der Waals surface area contributed by atoms with Crippen LogP contribution in [0.15, 0.2) is 86.0 Å². The lowest BCUT2D eigenvalue weighted by Crippen LogP contribution is -2.37. The number of carbonyl (C=O) groups excluding carboxylic acids is 2. The number of ether oxygens (including phenoxy) is 4. The second-order valence-electron chi connectivity index (χ2n) is 13.9. The molecule has 0 amide bonds. The second kappa shape index (κ2) is 18.3. The van der Waals surface area contributed by atoms with Crippen molar-refractivity contribution in [2.24, 2.45) is 0 Å². The predicted octanol–water partition coefficient (Wildman–Crippen LogP) is 1.17. The van der Waals surface area contributed by atoms with Gasteiger partial charge in [-0.05, 0) is 24.3 Å². The lowest BCUT2D eigenvalue weighted by atomic mass is 10.1. The Bertz CT molecular complexity index is 2670. The summed E-state index contributed by atoms with van der Waals surface area (Å²) in [6.45, 7) is -2.19. The van der Waals surface area contributed by atoms with Crippen molar-refractivity contribution >= 4 is 69.4 Å².